The van der Waals surface area contributed by atoms with Crippen LogP contribution < -0.4 is 10.6 Å². The van der Waals surface area contributed by atoms with Crippen molar-refractivity contribution in [2.75, 3.05) is 13.1 Å². The van der Waals surface area contributed by atoms with Crippen molar-refractivity contribution >= 4 is 5.97 Å². The second kappa shape index (κ2) is 11.5. The largest absolute Gasteiger partial charge is 0.478 e. The average molecular weight is 447 g/mol. The van der Waals surface area contributed by atoms with Gasteiger partial charge in [-0.05, 0) is 80.5 Å². The van der Waals surface area contributed by atoms with Crippen molar-refractivity contribution in [2.45, 2.75) is 111 Å². The van der Waals surface area contributed by atoms with Crippen LogP contribution in [0.25, 0.3) is 0 Å². The number of aliphatic carboxylic acids is 1. The molecule has 0 aromatic rings. The number of carbonyl (C=O) groups is 1. The third-order valence-electron chi connectivity index (χ3n) is 9.36. The summed E-state index contributed by atoms with van der Waals surface area (Å²) in [5.74, 6) is 2.58. The smallest absolute Gasteiger partial charge is 0.331 e. The lowest BCUT2D eigenvalue weighted by atomic mass is 9.72. The van der Waals surface area contributed by atoms with E-state index in [1.54, 1.807) is 0 Å². The van der Waals surface area contributed by atoms with Crippen molar-refractivity contribution in [3.63, 3.8) is 0 Å². The Bertz CT molecular complexity index is 647. The number of hydrogen-bond acceptors (Lipinski definition) is 3. The molecule has 3 aliphatic carbocycles. The molecule has 0 heterocycles. The molecule has 3 rings (SSSR count). The molecular weight excluding hydrogens is 396 g/mol. The van der Waals surface area contributed by atoms with E-state index < -0.39 is 5.97 Å². The van der Waals surface area contributed by atoms with Gasteiger partial charge >= 0.3 is 5.97 Å². The molecule has 2 saturated carbocycles. The summed E-state index contributed by atoms with van der Waals surface area (Å²) < 4.78 is 0. The second-order valence-corrected chi connectivity index (χ2v) is 11.9. The molecule has 0 aliphatic heterocycles. The molecule has 4 nitrogen and oxygen atoms in total. The topological polar surface area (TPSA) is 61.4 Å². The van der Waals surface area contributed by atoms with Gasteiger partial charge in [0.15, 0.2) is 0 Å². The van der Waals surface area contributed by atoms with E-state index in [-0.39, 0.29) is 11.3 Å². The van der Waals surface area contributed by atoms with E-state index >= 15 is 0 Å². The number of carboxylic acid groups (broad SMARTS) is 1. The predicted molar refractivity (Wildman–Crippen MR) is 134 cm³/mol. The molecule has 0 radical (unpaired) electrons. The third-order valence-corrected chi connectivity index (χ3v) is 9.36. The number of nitrogens with one attached hydrogen (secondary N) is 2. The van der Waals surface area contributed by atoms with Crippen LogP contribution in [0.5, 0.6) is 0 Å². The first-order valence-electron chi connectivity index (χ1n) is 13.7. The number of carboxylic acids is 1. The van der Waals surface area contributed by atoms with Crippen LogP contribution in [0.2, 0.25) is 0 Å². The zero-order chi connectivity index (χ0) is 23.3. The Morgan fingerprint density at radius 3 is 2.03 bits per heavy atom. The number of hydrogen-bond donors (Lipinski definition) is 3. The van der Waals surface area contributed by atoms with E-state index in [1.165, 1.54) is 51.4 Å². The van der Waals surface area contributed by atoms with Gasteiger partial charge in [-0.1, -0.05) is 53.5 Å². The summed E-state index contributed by atoms with van der Waals surface area (Å²) >= 11 is 0. The van der Waals surface area contributed by atoms with Gasteiger partial charge in [0.1, 0.15) is 0 Å². The highest BCUT2D eigenvalue weighted by atomic mass is 16.4. The van der Waals surface area contributed by atoms with Crippen LogP contribution in [0.3, 0.4) is 0 Å². The molecule has 7 unspecified atom stereocenters. The summed E-state index contributed by atoms with van der Waals surface area (Å²) in [6.45, 7) is 13.3. The highest BCUT2D eigenvalue weighted by Gasteiger charge is 2.36. The molecule has 0 amide bonds. The first-order valence-corrected chi connectivity index (χ1v) is 13.7. The fraction of sp³-hybridized carbons (Fsp3) is 0.893. The molecule has 8 atom stereocenters. The second-order valence-electron chi connectivity index (χ2n) is 11.9. The zero-order valence-corrected chi connectivity index (χ0v) is 21.5. The first kappa shape index (κ1) is 25.7. The summed E-state index contributed by atoms with van der Waals surface area (Å²) in [6, 6.07) is 1.12. The van der Waals surface area contributed by atoms with E-state index in [4.69, 9.17) is 0 Å². The van der Waals surface area contributed by atoms with Gasteiger partial charge in [-0.15, -0.1) is 0 Å². The van der Waals surface area contributed by atoms with Crippen molar-refractivity contribution < 1.29 is 9.90 Å². The van der Waals surface area contributed by atoms with Gasteiger partial charge in [0.2, 0.25) is 0 Å². The van der Waals surface area contributed by atoms with Crippen LogP contribution >= 0.6 is 0 Å². The summed E-state index contributed by atoms with van der Waals surface area (Å²) in [5.41, 5.74) is 0.587. The quantitative estimate of drug-likeness (QED) is 0.405. The monoisotopic (exact) mass is 446 g/mol. The summed E-state index contributed by atoms with van der Waals surface area (Å²) in [7, 11) is 0. The SMILES string of the molecule is CCC1CCC(NCC2CC[C@@](C)(CNC3CCC(CC)CC3C)C=C2C(=O)O)C(C)C1. The maximum Gasteiger partial charge on any atom is 0.331 e. The lowest BCUT2D eigenvalue weighted by Crippen LogP contribution is -2.46. The number of rotatable bonds is 9. The van der Waals surface area contributed by atoms with Crippen LogP contribution in [0.4, 0.5) is 0 Å². The lowest BCUT2D eigenvalue weighted by molar-refractivity contribution is -0.133. The maximum atomic E-state index is 12.2. The van der Waals surface area contributed by atoms with Gasteiger partial charge in [0.05, 0.1) is 0 Å². The van der Waals surface area contributed by atoms with Gasteiger partial charge in [0, 0.05) is 36.7 Å². The Labute approximate surface area is 197 Å². The van der Waals surface area contributed by atoms with Crippen molar-refractivity contribution in [1.29, 1.82) is 0 Å². The molecule has 3 N–H and O–H groups in total. The van der Waals surface area contributed by atoms with Crippen molar-refractivity contribution in [1.82, 2.24) is 10.6 Å². The van der Waals surface area contributed by atoms with Gasteiger partial charge in [-0.3, -0.25) is 0 Å². The maximum absolute atomic E-state index is 12.2. The molecule has 0 saturated heterocycles. The molecule has 0 bridgehead atoms. The fourth-order valence-corrected chi connectivity index (χ4v) is 6.83. The Kier molecular flexibility index (Phi) is 9.26. The highest BCUT2D eigenvalue weighted by Crippen LogP contribution is 2.38. The summed E-state index contributed by atoms with van der Waals surface area (Å²) in [4.78, 5) is 12.2. The van der Waals surface area contributed by atoms with Crippen LogP contribution in [0.15, 0.2) is 11.6 Å². The summed E-state index contributed by atoms with van der Waals surface area (Å²) in [5, 5.41) is 17.6. The lowest BCUT2D eigenvalue weighted by Gasteiger charge is -2.40. The van der Waals surface area contributed by atoms with Gasteiger partial charge < -0.3 is 15.7 Å². The van der Waals surface area contributed by atoms with E-state index in [9.17, 15) is 9.90 Å². The Morgan fingerprint density at radius 2 is 1.53 bits per heavy atom. The van der Waals surface area contributed by atoms with Crippen LogP contribution in [-0.2, 0) is 4.79 Å². The van der Waals surface area contributed by atoms with Gasteiger partial charge in [0.25, 0.3) is 0 Å². The van der Waals surface area contributed by atoms with E-state index in [2.05, 4.69) is 51.3 Å². The third kappa shape index (κ3) is 6.59. The first-order chi connectivity index (χ1) is 15.2. The van der Waals surface area contributed by atoms with E-state index in [0.29, 0.717) is 29.5 Å². The standard InChI is InChI=1S/C28H50N2O2/c1-6-21-8-10-25(19(3)14-21)29-17-23-12-13-28(5,16-24(23)27(31)32)18-30-26-11-9-22(7-2)15-20(26)4/h16,19-23,25-26,29-30H,6-15,17-18H2,1-5H3,(H,31,32)/t19?,20?,21?,22?,23?,25?,26?,28-/m1/s1. The van der Waals surface area contributed by atoms with Crippen LogP contribution in [0.1, 0.15) is 98.8 Å². The minimum Gasteiger partial charge on any atom is -0.478 e. The fourth-order valence-electron chi connectivity index (χ4n) is 6.83. The van der Waals surface area contributed by atoms with Crippen LogP contribution in [-0.4, -0.2) is 36.2 Å². The normalized spacial score (nSPS) is 40.7. The molecule has 0 aromatic heterocycles. The van der Waals surface area contributed by atoms with Gasteiger partial charge in [-0.25, -0.2) is 4.79 Å². The molecule has 4 heteroatoms. The molecule has 32 heavy (non-hydrogen) atoms. The molecule has 184 valence electrons. The predicted octanol–water partition coefficient (Wildman–Crippen LogP) is 6.02. The Balaban J connectivity index is 1.55. The highest BCUT2D eigenvalue weighted by molar-refractivity contribution is 5.87. The minimum absolute atomic E-state index is 0.0575. The Morgan fingerprint density at radius 1 is 0.969 bits per heavy atom. The van der Waals surface area contributed by atoms with Crippen molar-refractivity contribution in [2.24, 2.45) is 35.0 Å². The van der Waals surface area contributed by atoms with Crippen LogP contribution in [0, 0.1) is 35.0 Å². The minimum atomic E-state index is -0.720. The molecule has 0 aromatic carbocycles. The molecule has 0 spiro atoms. The van der Waals surface area contributed by atoms with Crippen molar-refractivity contribution in [3.8, 4) is 0 Å². The average Bonchev–Trinajstić information content (AvgIpc) is 2.78. The Hall–Kier alpha value is -0.870. The molecule has 2 fully saturated rings. The van der Waals surface area contributed by atoms with E-state index in [1.807, 2.05) is 0 Å². The van der Waals surface area contributed by atoms with Gasteiger partial charge in [-0.2, -0.15) is 0 Å². The zero-order valence-electron chi connectivity index (χ0n) is 21.5. The van der Waals surface area contributed by atoms with Crippen molar-refractivity contribution in [3.05, 3.63) is 11.6 Å². The summed E-state index contributed by atoms with van der Waals surface area (Å²) in [6.07, 6.45) is 14.5. The van der Waals surface area contributed by atoms with E-state index in [0.717, 1.165) is 37.8 Å². The molecular formula is C28H50N2O2. The molecule has 3 aliphatic rings.